The molecule has 0 radical (unpaired) electrons. The molecule has 112 valence electrons. The van der Waals surface area contributed by atoms with E-state index in [0.29, 0.717) is 17.7 Å². The van der Waals surface area contributed by atoms with Gasteiger partial charge in [-0.2, -0.15) is 0 Å². The summed E-state index contributed by atoms with van der Waals surface area (Å²) >= 11 is 10.6. The maximum Gasteiger partial charge on any atom is 0.322 e. The Balaban J connectivity index is 2.22. The molecule has 7 heteroatoms. The normalized spacial score (nSPS) is 28.1. The third kappa shape index (κ3) is 3.42. The van der Waals surface area contributed by atoms with Crippen LogP contribution in [0.3, 0.4) is 0 Å². The SMILES string of the molecule is COC(=O)C1CC(C(=S)C2=CC(=S)CC=C2)C(C(=O)O)N1. The lowest BCUT2D eigenvalue weighted by atomic mass is 9.89. The standard InChI is InChI=1S/C14H15NO4S2/c1-19-14(18)10-6-9(11(15-10)13(16)17)12(21)7-3-2-4-8(20)5-7/h2-3,5,9-11,15H,4,6H2,1H3,(H,16,17). The van der Waals surface area contributed by atoms with Crippen LogP contribution in [0.25, 0.3) is 0 Å². The number of carbonyl (C=O) groups is 2. The highest BCUT2D eigenvalue weighted by Crippen LogP contribution is 2.28. The number of carboxylic acid groups (broad SMARTS) is 1. The molecule has 1 fully saturated rings. The van der Waals surface area contributed by atoms with Gasteiger partial charge in [0.05, 0.1) is 7.11 Å². The Morgan fingerprint density at radius 3 is 2.76 bits per heavy atom. The molecule has 1 saturated heterocycles. The van der Waals surface area contributed by atoms with Crippen molar-refractivity contribution in [3.8, 4) is 0 Å². The van der Waals surface area contributed by atoms with Gasteiger partial charge in [-0.25, -0.2) is 0 Å². The number of hydrogen-bond acceptors (Lipinski definition) is 6. The van der Waals surface area contributed by atoms with Crippen molar-refractivity contribution in [1.82, 2.24) is 5.32 Å². The molecular weight excluding hydrogens is 310 g/mol. The van der Waals surface area contributed by atoms with Crippen LogP contribution in [0.15, 0.2) is 23.8 Å². The highest BCUT2D eigenvalue weighted by Gasteiger charge is 2.44. The Morgan fingerprint density at radius 2 is 2.19 bits per heavy atom. The van der Waals surface area contributed by atoms with Crippen molar-refractivity contribution in [3.63, 3.8) is 0 Å². The Kier molecular flexibility index (Phi) is 4.97. The molecule has 1 aliphatic carbocycles. The van der Waals surface area contributed by atoms with Crippen molar-refractivity contribution >= 4 is 46.1 Å². The molecule has 2 N–H and O–H groups in total. The van der Waals surface area contributed by atoms with E-state index in [9.17, 15) is 14.7 Å². The van der Waals surface area contributed by atoms with E-state index in [2.05, 4.69) is 10.1 Å². The van der Waals surface area contributed by atoms with Gasteiger partial charge >= 0.3 is 11.9 Å². The molecule has 3 atom stereocenters. The number of nitrogens with one attached hydrogen (secondary N) is 1. The third-order valence-corrected chi connectivity index (χ3v) is 4.40. The van der Waals surface area contributed by atoms with Gasteiger partial charge in [0, 0.05) is 22.1 Å². The van der Waals surface area contributed by atoms with E-state index in [1.165, 1.54) is 7.11 Å². The Hall–Kier alpha value is -1.44. The van der Waals surface area contributed by atoms with Gasteiger partial charge in [0.2, 0.25) is 0 Å². The number of carboxylic acids is 1. The average molecular weight is 325 g/mol. The minimum Gasteiger partial charge on any atom is -0.480 e. The number of hydrogen-bond donors (Lipinski definition) is 2. The minimum absolute atomic E-state index is 0.306. The van der Waals surface area contributed by atoms with Crippen LogP contribution in [0.2, 0.25) is 0 Å². The number of methoxy groups -OCH3 is 1. The number of thiocarbonyl (C=S) groups is 2. The lowest BCUT2D eigenvalue weighted by Gasteiger charge is -2.18. The lowest BCUT2D eigenvalue weighted by molar-refractivity contribution is -0.143. The van der Waals surface area contributed by atoms with Crippen molar-refractivity contribution in [2.24, 2.45) is 5.92 Å². The first-order chi connectivity index (χ1) is 9.93. The molecule has 3 unspecified atom stereocenters. The van der Waals surface area contributed by atoms with E-state index in [1.807, 2.05) is 12.2 Å². The van der Waals surface area contributed by atoms with Crippen LogP contribution in [-0.2, 0) is 14.3 Å². The number of ether oxygens (including phenoxy) is 1. The van der Waals surface area contributed by atoms with E-state index in [0.717, 1.165) is 10.4 Å². The summed E-state index contributed by atoms with van der Waals surface area (Å²) in [5, 5.41) is 12.1. The fraction of sp³-hybridized carbons (Fsp3) is 0.429. The summed E-state index contributed by atoms with van der Waals surface area (Å²) in [6.07, 6.45) is 6.54. The quantitative estimate of drug-likeness (QED) is 0.594. The summed E-state index contributed by atoms with van der Waals surface area (Å²) in [5.41, 5.74) is 0.754. The second kappa shape index (κ2) is 6.55. The predicted molar refractivity (Wildman–Crippen MR) is 85.5 cm³/mol. The summed E-state index contributed by atoms with van der Waals surface area (Å²) in [4.78, 5) is 24.3. The molecule has 2 rings (SSSR count). The molecule has 1 heterocycles. The van der Waals surface area contributed by atoms with Crippen molar-refractivity contribution in [2.45, 2.75) is 24.9 Å². The summed E-state index contributed by atoms with van der Waals surface area (Å²) in [7, 11) is 1.27. The number of rotatable bonds is 4. The molecule has 1 aliphatic heterocycles. The first kappa shape index (κ1) is 15.9. The molecule has 5 nitrogen and oxygen atoms in total. The number of allylic oxidation sites excluding steroid dienone is 4. The second-order valence-corrected chi connectivity index (χ2v) is 5.90. The predicted octanol–water partition coefficient (Wildman–Crippen LogP) is 1.22. The zero-order valence-corrected chi connectivity index (χ0v) is 13.0. The van der Waals surface area contributed by atoms with Crippen LogP contribution in [0.1, 0.15) is 12.8 Å². The molecule has 0 amide bonds. The van der Waals surface area contributed by atoms with Crippen molar-refractivity contribution in [2.75, 3.05) is 7.11 Å². The molecule has 2 aliphatic rings. The average Bonchev–Trinajstić information content (AvgIpc) is 2.91. The number of esters is 1. The fourth-order valence-corrected chi connectivity index (χ4v) is 3.13. The maximum atomic E-state index is 11.6. The number of aliphatic carboxylic acids is 1. The van der Waals surface area contributed by atoms with E-state index >= 15 is 0 Å². The van der Waals surface area contributed by atoms with Crippen molar-refractivity contribution < 1.29 is 19.4 Å². The van der Waals surface area contributed by atoms with Crippen LogP contribution in [0.4, 0.5) is 0 Å². The molecule has 21 heavy (non-hydrogen) atoms. The first-order valence-electron chi connectivity index (χ1n) is 6.46. The van der Waals surface area contributed by atoms with Gasteiger partial charge in [0.1, 0.15) is 12.1 Å². The molecule has 0 spiro atoms. The van der Waals surface area contributed by atoms with E-state index in [-0.39, 0.29) is 0 Å². The van der Waals surface area contributed by atoms with Gasteiger partial charge in [0.15, 0.2) is 0 Å². The molecule has 0 saturated carbocycles. The van der Waals surface area contributed by atoms with E-state index in [4.69, 9.17) is 24.4 Å². The number of carbonyl (C=O) groups excluding carboxylic acids is 1. The van der Waals surface area contributed by atoms with Gasteiger partial charge in [0.25, 0.3) is 0 Å². The van der Waals surface area contributed by atoms with Crippen LogP contribution < -0.4 is 5.32 Å². The van der Waals surface area contributed by atoms with Gasteiger partial charge in [-0.3, -0.25) is 14.9 Å². The topological polar surface area (TPSA) is 75.6 Å². The molecular formula is C14H15NO4S2. The van der Waals surface area contributed by atoms with Crippen LogP contribution in [0.5, 0.6) is 0 Å². The highest BCUT2D eigenvalue weighted by atomic mass is 32.1. The third-order valence-electron chi connectivity index (χ3n) is 3.58. The first-order valence-corrected chi connectivity index (χ1v) is 7.27. The molecule has 0 aromatic carbocycles. The summed E-state index contributed by atoms with van der Waals surface area (Å²) < 4.78 is 4.67. The van der Waals surface area contributed by atoms with E-state index < -0.39 is 29.9 Å². The maximum absolute atomic E-state index is 11.6. The smallest absolute Gasteiger partial charge is 0.322 e. The summed E-state index contributed by atoms with van der Waals surface area (Å²) in [6, 6.07) is -1.55. The summed E-state index contributed by atoms with van der Waals surface area (Å²) in [6.45, 7) is 0. The lowest BCUT2D eigenvalue weighted by Crippen LogP contribution is -2.42. The zero-order valence-electron chi connectivity index (χ0n) is 11.4. The highest BCUT2D eigenvalue weighted by molar-refractivity contribution is 7.81. The van der Waals surface area contributed by atoms with Gasteiger partial charge in [-0.05, 0) is 18.1 Å². The second-order valence-electron chi connectivity index (χ2n) is 4.94. The van der Waals surface area contributed by atoms with Gasteiger partial charge in [-0.1, -0.05) is 36.6 Å². The van der Waals surface area contributed by atoms with E-state index in [1.54, 1.807) is 6.08 Å². The minimum atomic E-state index is -1.03. The largest absolute Gasteiger partial charge is 0.480 e. The van der Waals surface area contributed by atoms with Gasteiger partial charge < -0.3 is 9.84 Å². The fourth-order valence-electron chi connectivity index (χ4n) is 2.55. The Bertz CT molecular complexity index is 567. The Morgan fingerprint density at radius 1 is 1.48 bits per heavy atom. The van der Waals surface area contributed by atoms with Crippen LogP contribution in [0, 0.1) is 5.92 Å². The van der Waals surface area contributed by atoms with Gasteiger partial charge in [-0.15, -0.1) is 0 Å². The Labute approximate surface area is 133 Å². The molecule has 0 bridgehead atoms. The molecule has 0 aromatic rings. The van der Waals surface area contributed by atoms with Crippen molar-refractivity contribution in [3.05, 3.63) is 23.8 Å². The van der Waals surface area contributed by atoms with Crippen LogP contribution in [-0.4, -0.2) is 46.0 Å². The van der Waals surface area contributed by atoms with Crippen LogP contribution >= 0.6 is 24.4 Å². The zero-order chi connectivity index (χ0) is 15.6. The van der Waals surface area contributed by atoms with Crippen molar-refractivity contribution in [1.29, 1.82) is 0 Å². The summed E-state index contributed by atoms with van der Waals surface area (Å²) in [5.74, 6) is -1.95. The molecule has 0 aromatic heterocycles. The monoisotopic (exact) mass is 325 g/mol.